The largest absolute Gasteiger partial charge is 0.467 e. The fourth-order valence-electron chi connectivity index (χ4n) is 3.03. The van der Waals surface area contributed by atoms with Crippen molar-refractivity contribution >= 4 is 17.7 Å². The first-order chi connectivity index (χ1) is 11.3. The van der Waals surface area contributed by atoms with Crippen LogP contribution >= 0.6 is 11.8 Å². The average Bonchev–Trinajstić information content (AvgIpc) is 3.27. The van der Waals surface area contributed by atoms with Crippen LogP contribution < -0.4 is 0 Å². The molecular weight excluding hydrogens is 308 g/mol. The molecule has 23 heavy (non-hydrogen) atoms. The van der Waals surface area contributed by atoms with Crippen LogP contribution in [0.5, 0.6) is 0 Å². The SMILES string of the molecule is O=C(CSCc1ccncc1)N(Cc1ccco1)C1CCCC1. The molecule has 0 bridgehead atoms. The van der Waals surface area contributed by atoms with Crippen LogP contribution in [0.3, 0.4) is 0 Å². The normalized spacial score (nSPS) is 15.0. The number of thioether (sulfide) groups is 1. The molecule has 1 amide bonds. The minimum absolute atomic E-state index is 0.215. The lowest BCUT2D eigenvalue weighted by Crippen LogP contribution is -2.39. The minimum atomic E-state index is 0.215. The zero-order valence-corrected chi connectivity index (χ0v) is 14.0. The van der Waals surface area contributed by atoms with Gasteiger partial charge in [0, 0.05) is 24.2 Å². The van der Waals surface area contributed by atoms with Crippen molar-refractivity contribution in [2.45, 2.75) is 44.0 Å². The lowest BCUT2D eigenvalue weighted by Gasteiger charge is -2.28. The second-order valence-corrected chi connectivity index (χ2v) is 6.87. The van der Waals surface area contributed by atoms with E-state index in [9.17, 15) is 4.79 Å². The summed E-state index contributed by atoms with van der Waals surface area (Å²) in [5, 5.41) is 0. The third-order valence-corrected chi connectivity index (χ3v) is 5.22. The van der Waals surface area contributed by atoms with E-state index in [0.29, 0.717) is 18.3 Å². The summed E-state index contributed by atoms with van der Waals surface area (Å²) in [7, 11) is 0. The Balaban J connectivity index is 1.56. The molecule has 1 saturated carbocycles. The molecule has 1 fully saturated rings. The lowest BCUT2D eigenvalue weighted by molar-refractivity contribution is -0.131. The van der Waals surface area contributed by atoms with Gasteiger partial charge in [-0.15, -0.1) is 11.8 Å². The highest BCUT2D eigenvalue weighted by molar-refractivity contribution is 7.99. The van der Waals surface area contributed by atoms with Crippen molar-refractivity contribution in [3.63, 3.8) is 0 Å². The Hall–Kier alpha value is -1.75. The third kappa shape index (κ3) is 4.61. The van der Waals surface area contributed by atoms with Crippen molar-refractivity contribution in [2.24, 2.45) is 0 Å². The van der Waals surface area contributed by atoms with Crippen LogP contribution in [0.1, 0.15) is 37.0 Å². The number of carbonyl (C=O) groups excluding carboxylic acids is 1. The molecule has 1 aliphatic rings. The number of hydrogen-bond acceptors (Lipinski definition) is 4. The van der Waals surface area contributed by atoms with Gasteiger partial charge < -0.3 is 9.32 Å². The monoisotopic (exact) mass is 330 g/mol. The molecule has 0 N–H and O–H groups in total. The summed E-state index contributed by atoms with van der Waals surface area (Å²) in [4.78, 5) is 18.7. The number of furan rings is 1. The predicted octanol–water partition coefficient (Wildman–Crippen LogP) is 3.88. The van der Waals surface area contributed by atoms with Crippen LogP contribution in [-0.4, -0.2) is 27.6 Å². The highest BCUT2D eigenvalue weighted by atomic mass is 32.2. The van der Waals surface area contributed by atoms with E-state index in [4.69, 9.17) is 4.42 Å². The maximum atomic E-state index is 12.7. The summed E-state index contributed by atoms with van der Waals surface area (Å²) in [6.07, 6.45) is 9.92. The summed E-state index contributed by atoms with van der Waals surface area (Å²) in [5.74, 6) is 2.43. The van der Waals surface area contributed by atoms with Crippen LogP contribution in [0.15, 0.2) is 47.3 Å². The van der Waals surface area contributed by atoms with Gasteiger partial charge in [-0.2, -0.15) is 0 Å². The molecular formula is C18H22N2O2S. The molecule has 4 nitrogen and oxygen atoms in total. The van der Waals surface area contributed by atoms with Gasteiger partial charge in [0.1, 0.15) is 5.76 Å². The number of pyridine rings is 1. The van der Waals surface area contributed by atoms with Crippen LogP contribution in [0.2, 0.25) is 0 Å². The maximum absolute atomic E-state index is 12.7. The summed E-state index contributed by atoms with van der Waals surface area (Å²) >= 11 is 1.66. The van der Waals surface area contributed by atoms with E-state index in [1.807, 2.05) is 29.2 Å². The van der Waals surface area contributed by atoms with Crippen molar-refractivity contribution < 1.29 is 9.21 Å². The summed E-state index contributed by atoms with van der Waals surface area (Å²) < 4.78 is 5.44. The van der Waals surface area contributed by atoms with E-state index in [0.717, 1.165) is 24.4 Å². The molecule has 0 saturated heterocycles. The van der Waals surface area contributed by atoms with E-state index in [-0.39, 0.29) is 5.91 Å². The Bertz CT molecular complexity index is 595. The van der Waals surface area contributed by atoms with E-state index in [1.54, 1.807) is 30.4 Å². The molecule has 0 unspecified atom stereocenters. The number of nitrogens with zero attached hydrogens (tertiary/aromatic N) is 2. The van der Waals surface area contributed by atoms with Crippen molar-refractivity contribution in [3.05, 3.63) is 54.2 Å². The van der Waals surface area contributed by atoms with Gasteiger partial charge in [0.25, 0.3) is 0 Å². The molecule has 0 aliphatic heterocycles. The number of hydrogen-bond donors (Lipinski definition) is 0. The van der Waals surface area contributed by atoms with E-state index >= 15 is 0 Å². The first-order valence-corrected chi connectivity index (χ1v) is 9.27. The average molecular weight is 330 g/mol. The van der Waals surface area contributed by atoms with Gasteiger partial charge in [-0.1, -0.05) is 12.8 Å². The van der Waals surface area contributed by atoms with Gasteiger partial charge in [0.15, 0.2) is 0 Å². The Labute approximate surface area is 141 Å². The molecule has 0 atom stereocenters. The number of amides is 1. The Kier molecular flexibility index (Phi) is 5.75. The van der Waals surface area contributed by atoms with Gasteiger partial charge in [-0.25, -0.2) is 0 Å². The molecule has 5 heteroatoms. The fourth-order valence-corrected chi connectivity index (χ4v) is 3.90. The van der Waals surface area contributed by atoms with Gasteiger partial charge in [-0.05, 0) is 42.7 Å². The highest BCUT2D eigenvalue weighted by Gasteiger charge is 2.27. The molecule has 3 rings (SSSR count). The van der Waals surface area contributed by atoms with Gasteiger partial charge in [0.05, 0.1) is 18.6 Å². The number of aromatic nitrogens is 1. The topological polar surface area (TPSA) is 46.3 Å². The van der Waals surface area contributed by atoms with Gasteiger partial charge >= 0.3 is 0 Å². The Morgan fingerprint density at radius 3 is 2.74 bits per heavy atom. The second kappa shape index (κ2) is 8.20. The predicted molar refractivity (Wildman–Crippen MR) is 91.9 cm³/mol. The molecule has 2 aromatic heterocycles. The zero-order chi connectivity index (χ0) is 15.9. The van der Waals surface area contributed by atoms with E-state index in [2.05, 4.69) is 4.98 Å². The van der Waals surface area contributed by atoms with Crippen LogP contribution in [0.4, 0.5) is 0 Å². The molecule has 1 aliphatic carbocycles. The van der Waals surface area contributed by atoms with Crippen molar-refractivity contribution in [1.82, 2.24) is 9.88 Å². The molecule has 2 heterocycles. The van der Waals surface area contributed by atoms with Crippen molar-refractivity contribution in [3.8, 4) is 0 Å². The fraction of sp³-hybridized carbons (Fsp3) is 0.444. The maximum Gasteiger partial charge on any atom is 0.233 e. The minimum Gasteiger partial charge on any atom is -0.467 e. The summed E-state index contributed by atoms with van der Waals surface area (Å²) in [6.45, 7) is 0.590. The molecule has 0 aromatic carbocycles. The van der Waals surface area contributed by atoms with Crippen LogP contribution in [0, 0.1) is 0 Å². The molecule has 122 valence electrons. The quantitative estimate of drug-likeness (QED) is 0.773. The molecule has 2 aromatic rings. The first-order valence-electron chi connectivity index (χ1n) is 8.11. The highest BCUT2D eigenvalue weighted by Crippen LogP contribution is 2.26. The van der Waals surface area contributed by atoms with E-state index in [1.165, 1.54) is 18.4 Å². The van der Waals surface area contributed by atoms with Crippen molar-refractivity contribution in [2.75, 3.05) is 5.75 Å². The Morgan fingerprint density at radius 2 is 2.04 bits per heavy atom. The molecule has 0 radical (unpaired) electrons. The standard InChI is InChI=1S/C18H22N2O2S/c21-18(14-23-13-15-7-9-19-10-8-15)20(16-4-1-2-5-16)12-17-6-3-11-22-17/h3,6-11,16H,1-2,4-5,12-14H2. The van der Waals surface area contributed by atoms with Crippen LogP contribution in [-0.2, 0) is 17.1 Å². The van der Waals surface area contributed by atoms with E-state index < -0.39 is 0 Å². The smallest absolute Gasteiger partial charge is 0.233 e. The lowest BCUT2D eigenvalue weighted by atomic mass is 10.2. The second-order valence-electron chi connectivity index (χ2n) is 5.89. The molecule has 0 spiro atoms. The number of carbonyl (C=O) groups is 1. The summed E-state index contributed by atoms with van der Waals surface area (Å²) in [6, 6.07) is 8.18. The number of rotatable bonds is 7. The third-order valence-electron chi connectivity index (χ3n) is 4.24. The zero-order valence-electron chi connectivity index (χ0n) is 13.2. The first kappa shape index (κ1) is 16.1. The van der Waals surface area contributed by atoms with Gasteiger partial charge in [0.2, 0.25) is 5.91 Å². The van der Waals surface area contributed by atoms with Crippen molar-refractivity contribution in [1.29, 1.82) is 0 Å². The van der Waals surface area contributed by atoms with Gasteiger partial charge in [-0.3, -0.25) is 9.78 Å². The Morgan fingerprint density at radius 1 is 1.26 bits per heavy atom. The summed E-state index contributed by atoms with van der Waals surface area (Å²) in [5.41, 5.74) is 1.20. The van der Waals surface area contributed by atoms with Crippen LogP contribution in [0.25, 0.3) is 0 Å².